The predicted molar refractivity (Wildman–Crippen MR) is 60.6 cm³/mol. The molecule has 3 heteroatoms. The normalized spacial score (nSPS) is 21.6. The van der Waals surface area contributed by atoms with E-state index in [2.05, 4.69) is 11.8 Å². The lowest BCUT2D eigenvalue weighted by Gasteiger charge is -2.28. The van der Waals surface area contributed by atoms with Crippen molar-refractivity contribution in [2.75, 3.05) is 11.4 Å². The summed E-state index contributed by atoms with van der Waals surface area (Å²) in [4.78, 5) is 2.26. The molecule has 2 rings (SSSR count). The summed E-state index contributed by atoms with van der Waals surface area (Å²) in [6.07, 6.45) is 0.860. The number of likely N-dealkylation sites (N-methyl/N-ethyl adjacent to an activating group) is 1. The van der Waals surface area contributed by atoms with E-state index in [1.807, 2.05) is 13.0 Å². The van der Waals surface area contributed by atoms with Crippen LogP contribution in [0.15, 0.2) is 18.2 Å². The van der Waals surface area contributed by atoms with Crippen LogP contribution < -0.4 is 10.6 Å². The molecule has 82 valence electrons. The number of hydrogen-bond donors (Lipinski definition) is 1. The maximum Gasteiger partial charge on any atom is 0.123 e. The van der Waals surface area contributed by atoms with Crippen molar-refractivity contribution >= 4 is 5.69 Å². The van der Waals surface area contributed by atoms with Crippen molar-refractivity contribution < 1.29 is 4.39 Å². The maximum absolute atomic E-state index is 13.1. The maximum atomic E-state index is 13.1. The minimum Gasteiger partial charge on any atom is -0.367 e. The second-order valence-corrected chi connectivity index (χ2v) is 4.19. The van der Waals surface area contributed by atoms with E-state index in [1.54, 1.807) is 6.07 Å². The topological polar surface area (TPSA) is 29.3 Å². The monoisotopic (exact) mass is 208 g/mol. The molecule has 0 spiro atoms. The Hall–Kier alpha value is -1.09. The molecular weight excluding hydrogens is 191 g/mol. The van der Waals surface area contributed by atoms with Gasteiger partial charge in [0.05, 0.1) is 0 Å². The summed E-state index contributed by atoms with van der Waals surface area (Å²) in [6, 6.07) is 5.43. The lowest BCUT2D eigenvalue weighted by molar-refractivity contribution is 0.538. The Morgan fingerprint density at radius 1 is 1.60 bits per heavy atom. The average Bonchev–Trinajstić information content (AvgIpc) is 2.55. The third-order valence-electron chi connectivity index (χ3n) is 3.13. The molecule has 1 aromatic carbocycles. The Morgan fingerprint density at radius 3 is 2.93 bits per heavy atom. The summed E-state index contributed by atoms with van der Waals surface area (Å²) in [5, 5.41) is 0. The van der Waals surface area contributed by atoms with Crippen molar-refractivity contribution in [1.29, 1.82) is 0 Å². The highest BCUT2D eigenvalue weighted by molar-refractivity contribution is 5.59. The molecule has 0 amide bonds. The van der Waals surface area contributed by atoms with E-state index in [9.17, 15) is 4.39 Å². The number of anilines is 1. The average molecular weight is 208 g/mol. The molecule has 0 aliphatic carbocycles. The number of halogens is 1. The second-order valence-electron chi connectivity index (χ2n) is 4.19. The zero-order chi connectivity index (χ0) is 11.0. The molecule has 2 nitrogen and oxygen atoms in total. The van der Waals surface area contributed by atoms with Gasteiger partial charge in [-0.15, -0.1) is 0 Å². The van der Waals surface area contributed by atoms with Crippen LogP contribution in [0.3, 0.4) is 0 Å². The van der Waals surface area contributed by atoms with E-state index >= 15 is 0 Å². The first-order valence-corrected chi connectivity index (χ1v) is 5.44. The van der Waals surface area contributed by atoms with Crippen molar-refractivity contribution in [3.8, 4) is 0 Å². The number of nitrogens with zero attached hydrogens (tertiary/aromatic N) is 1. The van der Waals surface area contributed by atoms with Crippen LogP contribution in [0, 0.1) is 5.82 Å². The Labute approximate surface area is 89.9 Å². The summed E-state index contributed by atoms with van der Waals surface area (Å²) in [6.45, 7) is 5.04. The zero-order valence-corrected chi connectivity index (χ0v) is 9.20. The van der Waals surface area contributed by atoms with Gasteiger partial charge in [-0.3, -0.25) is 0 Å². The molecule has 15 heavy (non-hydrogen) atoms. The third-order valence-corrected chi connectivity index (χ3v) is 3.13. The smallest absolute Gasteiger partial charge is 0.123 e. The highest BCUT2D eigenvalue weighted by atomic mass is 19.1. The van der Waals surface area contributed by atoms with Crippen LogP contribution in [0.4, 0.5) is 10.1 Å². The summed E-state index contributed by atoms with van der Waals surface area (Å²) in [5.74, 6) is -0.157. The first-order chi connectivity index (χ1) is 7.13. The van der Waals surface area contributed by atoms with Crippen molar-refractivity contribution in [2.24, 2.45) is 5.73 Å². The first kappa shape index (κ1) is 10.4. The van der Waals surface area contributed by atoms with Crippen molar-refractivity contribution in [2.45, 2.75) is 32.4 Å². The van der Waals surface area contributed by atoms with Gasteiger partial charge >= 0.3 is 0 Å². The molecule has 0 fully saturated rings. The predicted octanol–water partition coefficient (Wildman–Crippen LogP) is 1.92. The summed E-state index contributed by atoms with van der Waals surface area (Å²) < 4.78 is 13.1. The van der Waals surface area contributed by atoms with Gasteiger partial charge in [-0.1, -0.05) is 0 Å². The fourth-order valence-corrected chi connectivity index (χ4v) is 2.39. The van der Waals surface area contributed by atoms with Crippen LogP contribution in [-0.2, 0) is 6.42 Å². The van der Waals surface area contributed by atoms with Crippen LogP contribution in [0.1, 0.15) is 19.4 Å². The summed E-state index contributed by atoms with van der Waals surface area (Å²) in [7, 11) is 0. The molecule has 0 aromatic heterocycles. The number of fused-ring (bicyclic) bond motifs is 1. The summed E-state index contributed by atoms with van der Waals surface area (Å²) in [5.41, 5.74) is 8.17. The fourth-order valence-electron chi connectivity index (χ4n) is 2.39. The highest BCUT2D eigenvalue weighted by Crippen LogP contribution is 2.33. The van der Waals surface area contributed by atoms with Gasteiger partial charge in [0.1, 0.15) is 5.82 Å². The van der Waals surface area contributed by atoms with Crippen LogP contribution in [0.25, 0.3) is 0 Å². The van der Waals surface area contributed by atoms with Gasteiger partial charge in [0, 0.05) is 24.3 Å². The Morgan fingerprint density at radius 2 is 2.33 bits per heavy atom. The molecular formula is C12H17FN2. The van der Waals surface area contributed by atoms with Crippen LogP contribution in [0.2, 0.25) is 0 Å². The van der Waals surface area contributed by atoms with E-state index in [1.165, 1.54) is 6.07 Å². The van der Waals surface area contributed by atoms with Gasteiger partial charge in [0.2, 0.25) is 0 Å². The van der Waals surface area contributed by atoms with Gasteiger partial charge in [-0.05, 0) is 44.0 Å². The number of nitrogens with two attached hydrogens (primary N) is 1. The van der Waals surface area contributed by atoms with Gasteiger partial charge in [0.15, 0.2) is 0 Å². The van der Waals surface area contributed by atoms with Crippen LogP contribution >= 0.6 is 0 Å². The van der Waals surface area contributed by atoms with E-state index in [-0.39, 0.29) is 11.9 Å². The lowest BCUT2D eigenvalue weighted by atomic mass is 10.1. The first-order valence-electron chi connectivity index (χ1n) is 5.44. The Bertz CT molecular complexity index is 363. The number of benzene rings is 1. The second kappa shape index (κ2) is 3.81. The minimum absolute atomic E-state index is 0.111. The van der Waals surface area contributed by atoms with Crippen molar-refractivity contribution in [3.05, 3.63) is 29.6 Å². The van der Waals surface area contributed by atoms with E-state index in [4.69, 9.17) is 5.73 Å². The highest BCUT2D eigenvalue weighted by Gasteiger charge is 2.30. The zero-order valence-electron chi connectivity index (χ0n) is 9.20. The van der Waals surface area contributed by atoms with Gasteiger partial charge in [-0.25, -0.2) is 4.39 Å². The molecule has 0 saturated carbocycles. The van der Waals surface area contributed by atoms with E-state index in [0.29, 0.717) is 6.04 Å². The quantitative estimate of drug-likeness (QED) is 0.804. The van der Waals surface area contributed by atoms with Crippen molar-refractivity contribution in [3.63, 3.8) is 0 Å². The summed E-state index contributed by atoms with van der Waals surface area (Å²) >= 11 is 0. The molecule has 1 aliphatic heterocycles. The Kier molecular flexibility index (Phi) is 2.65. The van der Waals surface area contributed by atoms with E-state index in [0.717, 1.165) is 24.2 Å². The van der Waals surface area contributed by atoms with Crippen molar-refractivity contribution in [1.82, 2.24) is 0 Å². The molecule has 2 unspecified atom stereocenters. The number of hydrogen-bond acceptors (Lipinski definition) is 2. The molecule has 1 aliphatic rings. The number of rotatable bonds is 2. The largest absolute Gasteiger partial charge is 0.367 e. The molecule has 2 atom stereocenters. The third kappa shape index (κ3) is 1.72. The van der Waals surface area contributed by atoms with Gasteiger partial charge in [-0.2, -0.15) is 0 Å². The Balaban J connectivity index is 2.37. The molecule has 1 aromatic rings. The molecule has 0 bridgehead atoms. The molecule has 2 N–H and O–H groups in total. The van der Waals surface area contributed by atoms with Gasteiger partial charge in [0.25, 0.3) is 0 Å². The molecule has 1 heterocycles. The standard InChI is InChI=1S/C12H17FN2/c1-3-15-11-5-4-10(13)6-9(11)7-12(15)8(2)14/h4-6,8,12H,3,7,14H2,1-2H3. The van der Waals surface area contributed by atoms with Crippen LogP contribution in [-0.4, -0.2) is 18.6 Å². The molecule has 0 radical (unpaired) electrons. The van der Waals surface area contributed by atoms with E-state index < -0.39 is 0 Å². The SMILES string of the molecule is CCN1c2ccc(F)cc2CC1C(C)N. The molecule has 0 saturated heterocycles. The van der Waals surface area contributed by atoms with Crippen LogP contribution in [0.5, 0.6) is 0 Å². The fraction of sp³-hybridized carbons (Fsp3) is 0.500. The van der Waals surface area contributed by atoms with Gasteiger partial charge < -0.3 is 10.6 Å². The minimum atomic E-state index is -0.157. The lowest BCUT2D eigenvalue weighted by Crippen LogP contribution is -2.44.